The lowest BCUT2D eigenvalue weighted by molar-refractivity contribution is -0.135. The zero-order valence-electron chi connectivity index (χ0n) is 12.4. The number of rotatable bonds is 2. The van der Waals surface area contributed by atoms with Crippen LogP contribution >= 0.6 is 0 Å². The molecule has 0 aliphatic carbocycles. The van der Waals surface area contributed by atoms with Crippen molar-refractivity contribution in [1.82, 2.24) is 20.5 Å². The third-order valence-corrected chi connectivity index (χ3v) is 4.31. The van der Waals surface area contributed by atoms with Gasteiger partial charge in [0.15, 0.2) is 0 Å². The molecular formula is C15H18N4O3. The molecule has 0 saturated carbocycles. The highest BCUT2D eigenvalue weighted by Gasteiger charge is 2.48. The molecule has 3 rings (SSSR count). The summed E-state index contributed by atoms with van der Waals surface area (Å²) in [5.74, 6) is -0.266. The molecule has 0 atom stereocenters. The molecule has 116 valence electrons. The van der Waals surface area contributed by atoms with Crippen molar-refractivity contribution >= 4 is 17.8 Å². The van der Waals surface area contributed by atoms with Crippen LogP contribution in [0.4, 0.5) is 4.79 Å². The standard InChI is InChI=1S/C15H18N4O3/c1-10-2-3-11(9-16-10)8-12(20)19-6-4-15(5-7-19)13(21)17-14(22)18-15/h2-3,9H,4-8H2,1H3,(H2,17,18,21,22). The number of likely N-dealkylation sites (tertiary alicyclic amines) is 1. The Morgan fingerprint density at radius 3 is 2.59 bits per heavy atom. The van der Waals surface area contributed by atoms with E-state index in [-0.39, 0.29) is 11.8 Å². The third kappa shape index (κ3) is 2.66. The van der Waals surface area contributed by atoms with Crippen LogP contribution in [-0.4, -0.2) is 46.4 Å². The minimum atomic E-state index is -0.834. The molecule has 7 heteroatoms. The van der Waals surface area contributed by atoms with Crippen molar-refractivity contribution in [3.63, 3.8) is 0 Å². The molecule has 1 spiro atoms. The number of nitrogens with one attached hydrogen (secondary N) is 2. The van der Waals surface area contributed by atoms with Crippen LogP contribution < -0.4 is 10.6 Å². The summed E-state index contributed by atoms with van der Waals surface area (Å²) in [7, 11) is 0. The molecule has 0 unspecified atom stereocenters. The first-order valence-electron chi connectivity index (χ1n) is 7.31. The van der Waals surface area contributed by atoms with Gasteiger partial charge in [0, 0.05) is 25.0 Å². The molecule has 0 bridgehead atoms. The van der Waals surface area contributed by atoms with Gasteiger partial charge in [-0.15, -0.1) is 0 Å². The molecular weight excluding hydrogens is 284 g/mol. The SMILES string of the molecule is Cc1ccc(CC(=O)N2CCC3(CC2)NC(=O)NC3=O)cn1. The van der Waals surface area contributed by atoms with Gasteiger partial charge in [-0.2, -0.15) is 0 Å². The second-order valence-electron chi connectivity index (χ2n) is 5.86. The Bertz CT molecular complexity index is 618. The molecule has 1 aromatic heterocycles. The first kappa shape index (κ1) is 14.5. The minimum absolute atomic E-state index is 0.0187. The molecule has 2 aliphatic rings. The van der Waals surface area contributed by atoms with Gasteiger partial charge in [-0.3, -0.25) is 19.9 Å². The predicted molar refractivity (Wildman–Crippen MR) is 77.9 cm³/mol. The number of piperidine rings is 1. The van der Waals surface area contributed by atoms with Crippen LogP contribution in [0.3, 0.4) is 0 Å². The van der Waals surface area contributed by atoms with Crippen LogP contribution in [0.1, 0.15) is 24.1 Å². The second kappa shape index (κ2) is 5.40. The van der Waals surface area contributed by atoms with Gasteiger partial charge in [0.05, 0.1) is 6.42 Å². The molecule has 0 radical (unpaired) electrons. The summed E-state index contributed by atoms with van der Waals surface area (Å²) in [5, 5.41) is 4.95. The summed E-state index contributed by atoms with van der Waals surface area (Å²) in [4.78, 5) is 41.4. The quantitative estimate of drug-likeness (QED) is 0.760. The Morgan fingerprint density at radius 1 is 1.32 bits per heavy atom. The van der Waals surface area contributed by atoms with Crippen molar-refractivity contribution in [3.05, 3.63) is 29.6 Å². The van der Waals surface area contributed by atoms with Gasteiger partial charge in [0.2, 0.25) is 5.91 Å². The monoisotopic (exact) mass is 302 g/mol. The number of hydrogen-bond acceptors (Lipinski definition) is 4. The van der Waals surface area contributed by atoms with Crippen molar-refractivity contribution in [3.8, 4) is 0 Å². The maximum Gasteiger partial charge on any atom is 0.322 e. The number of aromatic nitrogens is 1. The number of hydrogen-bond donors (Lipinski definition) is 2. The van der Waals surface area contributed by atoms with E-state index < -0.39 is 11.6 Å². The van der Waals surface area contributed by atoms with E-state index in [9.17, 15) is 14.4 Å². The molecule has 2 fully saturated rings. The van der Waals surface area contributed by atoms with E-state index in [1.54, 1.807) is 11.1 Å². The van der Waals surface area contributed by atoms with E-state index in [1.807, 2.05) is 19.1 Å². The van der Waals surface area contributed by atoms with Gasteiger partial charge in [0.25, 0.3) is 5.91 Å². The summed E-state index contributed by atoms with van der Waals surface area (Å²) >= 11 is 0. The Hall–Kier alpha value is -2.44. The van der Waals surface area contributed by atoms with Crippen LogP contribution in [0, 0.1) is 6.92 Å². The van der Waals surface area contributed by atoms with Gasteiger partial charge in [-0.25, -0.2) is 4.79 Å². The van der Waals surface area contributed by atoms with E-state index in [2.05, 4.69) is 15.6 Å². The average Bonchev–Trinajstić information content (AvgIpc) is 2.76. The molecule has 22 heavy (non-hydrogen) atoms. The number of amides is 4. The summed E-state index contributed by atoms with van der Waals surface area (Å²) < 4.78 is 0. The highest BCUT2D eigenvalue weighted by Crippen LogP contribution is 2.25. The Labute approximate surface area is 128 Å². The van der Waals surface area contributed by atoms with Gasteiger partial charge in [-0.05, 0) is 31.4 Å². The van der Waals surface area contributed by atoms with Gasteiger partial charge >= 0.3 is 6.03 Å². The molecule has 1 aromatic rings. The van der Waals surface area contributed by atoms with E-state index in [0.717, 1.165) is 11.3 Å². The smallest absolute Gasteiger partial charge is 0.322 e. The van der Waals surface area contributed by atoms with Crippen LogP contribution in [0.2, 0.25) is 0 Å². The Kier molecular flexibility index (Phi) is 3.56. The average molecular weight is 302 g/mol. The zero-order chi connectivity index (χ0) is 15.7. The molecule has 2 saturated heterocycles. The van der Waals surface area contributed by atoms with E-state index in [0.29, 0.717) is 32.4 Å². The zero-order valence-corrected chi connectivity index (χ0v) is 12.4. The molecule has 7 nitrogen and oxygen atoms in total. The number of carbonyl (C=O) groups excluding carboxylic acids is 3. The van der Waals surface area contributed by atoms with Gasteiger partial charge in [0.1, 0.15) is 5.54 Å². The Morgan fingerprint density at radius 2 is 2.05 bits per heavy atom. The molecule has 2 N–H and O–H groups in total. The van der Waals surface area contributed by atoms with E-state index >= 15 is 0 Å². The lowest BCUT2D eigenvalue weighted by Crippen LogP contribution is -2.55. The maximum atomic E-state index is 12.3. The number of urea groups is 1. The highest BCUT2D eigenvalue weighted by atomic mass is 16.2. The molecule has 0 aromatic carbocycles. The van der Waals surface area contributed by atoms with Crippen molar-refractivity contribution in [1.29, 1.82) is 0 Å². The van der Waals surface area contributed by atoms with Crippen molar-refractivity contribution in [2.24, 2.45) is 0 Å². The number of aryl methyl sites for hydroxylation is 1. The lowest BCUT2D eigenvalue weighted by atomic mass is 9.87. The van der Waals surface area contributed by atoms with Crippen molar-refractivity contribution in [2.75, 3.05) is 13.1 Å². The second-order valence-corrected chi connectivity index (χ2v) is 5.86. The summed E-state index contributed by atoms with van der Waals surface area (Å²) in [6, 6.07) is 3.33. The normalized spacial score (nSPS) is 20.0. The minimum Gasteiger partial charge on any atom is -0.342 e. The highest BCUT2D eigenvalue weighted by molar-refractivity contribution is 6.07. The largest absolute Gasteiger partial charge is 0.342 e. The van der Waals surface area contributed by atoms with E-state index in [4.69, 9.17) is 0 Å². The number of pyridine rings is 1. The maximum absolute atomic E-state index is 12.3. The summed E-state index contributed by atoms with van der Waals surface area (Å²) in [6.07, 6.45) is 2.91. The van der Waals surface area contributed by atoms with Crippen LogP contribution in [0.5, 0.6) is 0 Å². The molecule has 3 heterocycles. The number of carbonyl (C=O) groups is 3. The lowest BCUT2D eigenvalue weighted by Gasteiger charge is -2.37. The fourth-order valence-corrected chi connectivity index (χ4v) is 2.91. The molecule has 4 amide bonds. The fourth-order valence-electron chi connectivity index (χ4n) is 2.91. The first-order valence-corrected chi connectivity index (χ1v) is 7.31. The summed E-state index contributed by atoms with van der Waals surface area (Å²) in [6.45, 7) is 2.83. The van der Waals surface area contributed by atoms with Gasteiger partial charge in [-0.1, -0.05) is 6.07 Å². The third-order valence-electron chi connectivity index (χ3n) is 4.31. The van der Waals surface area contributed by atoms with Crippen molar-refractivity contribution in [2.45, 2.75) is 31.7 Å². The van der Waals surface area contributed by atoms with E-state index in [1.165, 1.54) is 0 Å². The van der Waals surface area contributed by atoms with Gasteiger partial charge < -0.3 is 10.2 Å². The van der Waals surface area contributed by atoms with Crippen LogP contribution in [0.15, 0.2) is 18.3 Å². The number of nitrogens with zero attached hydrogens (tertiary/aromatic N) is 2. The van der Waals surface area contributed by atoms with Crippen molar-refractivity contribution < 1.29 is 14.4 Å². The van der Waals surface area contributed by atoms with Crippen LogP contribution in [-0.2, 0) is 16.0 Å². The summed E-state index contributed by atoms with van der Waals surface area (Å²) in [5.41, 5.74) is 0.959. The molecule has 2 aliphatic heterocycles. The predicted octanol–water partition coefficient (Wildman–Crippen LogP) is 0.133. The van der Waals surface area contributed by atoms with Crippen LogP contribution in [0.25, 0.3) is 0 Å². The Balaban J connectivity index is 1.59. The number of imide groups is 1. The first-order chi connectivity index (χ1) is 10.5. The topological polar surface area (TPSA) is 91.4 Å². The fraction of sp³-hybridized carbons (Fsp3) is 0.467.